The summed E-state index contributed by atoms with van der Waals surface area (Å²) in [7, 11) is 3.31. The molecule has 0 radical (unpaired) electrons. The fraction of sp³-hybridized carbons (Fsp3) is 0.417. The Balaban J connectivity index is 2.58. The lowest BCUT2D eigenvalue weighted by Crippen LogP contribution is -2.41. The fourth-order valence-corrected chi connectivity index (χ4v) is 1.46. The van der Waals surface area contributed by atoms with Gasteiger partial charge in [-0.25, -0.2) is 8.78 Å². The van der Waals surface area contributed by atoms with Crippen LogP contribution in [-0.4, -0.2) is 30.9 Å². The number of rotatable bonds is 4. The summed E-state index contributed by atoms with van der Waals surface area (Å²) >= 11 is 0. The summed E-state index contributed by atoms with van der Waals surface area (Å²) in [6.07, 6.45) is 0. The molecule has 0 aromatic heterocycles. The van der Waals surface area contributed by atoms with Gasteiger partial charge >= 0.3 is 0 Å². The lowest BCUT2D eigenvalue weighted by Gasteiger charge is -2.18. The van der Waals surface area contributed by atoms with Gasteiger partial charge in [0.05, 0.1) is 6.04 Å². The SMILES string of the molecule is CC(NCc1cc(F)cc(F)c1)C(=O)N(C)C. The van der Waals surface area contributed by atoms with Crippen LogP contribution >= 0.6 is 0 Å². The number of nitrogens with zero attached hydrogens (tertiary/aromatic N) is 1. The van der Waals surface area contributed by atoms with E-state index in [1.54, 1.807) is 21.0 Å². The van der Waals surface area contributed by atoms with Crippen molar-refractivity contribution in [3.8, 4) is 0 Å². The molecule has 17 heavy (non-hydrogen) atoms. The van der Waals surface area contributed by atoms with Gasteiger partial charge in [-0.2, -0.15) is 0 Å². The van der Waals surface area contributed by atoms with E-state index >= 15 is 0 Å². The Kier molecular flexibility index (Phi) is 4.57. The van der Waals surface area contributed by atoms with Crippen LogP contribution in [0.4, 0.5) is 8.78 Å². The first-order valence-electron chi connectivity index (χ1n) is 5.29. The van der Waals surface area contributed by atoms with E-state index in [0.717, 1.165) is 6.07 Å². The Morgan fingerprint density at radius 3 is 2.29 bits per heavy atom. The van der Waals surface area contributed by atoms with Gasteiger partial charge in [0.2, 0.25) is 5.91 Å². The standard InChI is InChI=1S/C12H16F2N2O/c1-8(12(17)16(2)3)15-7-9-4-10(13)6-11(14)5-9/h4-6,8,15H,7H2,1-3H3. The Morgan fingerprint density at radius 2 is 1.82 bits per heavy atom. The second kappa shape index (κ2) is 5.72. The second-order valence-electron chi connectivity index (χ2n) is 4.11. The zero-order chi connectivity index (χ0) is 13.0. The van der Waals surface area contributed by atoms with Crippen LogP contribution in [0.3, 0.4) is 0 Å². The van der Waals surface area contributed by atoms with E-state index in [4.69, 9.17) is 0 Å². The lowest BCUT2D eigenvalue weighted by molar-refractivity contribution is -0.130. The van der Waals surface area contributed by atoms with Crippen LogP contribution in [0.25, 0.3) is 0 Å². The molecule has 1 unspecified atom stereocenters. The highest BCUT2D eigenvalue weighted by Gasteiger charge is 2.13. The highest BCUT2D eigenvalue weighted by atomic mass is 19.1. The van der Waals surface area contributed by atoms with Gasteiger partial charge in [0, 0.05) is 26.7 Å². The molecule has 1 rings (SSSR count). The molecular weight excluding hydrogens is 226 g/mol. The number of benzene rings is 1. The molecule has 0 saturated heterocycles. The van der Waals surface area contributed by atoms with Gasteiger partial charge in [-0.1, -0.05) is 0 Å². The van der Waals surface area contributed by atoms with E-state index in [1.807, 2.05) is 0 Å². The van der Waals surface area contributed by atoms with Crippen molar-refractivity contribution in [2.45, 2.75) is 19.5 Å². The molecule has 0 aliphatic heterocycles. The topological polar surface area (TPSA) is 32.3 Å². The van der Waals surface area contributed by atoms with Crippen molar-refractivity contribution in [3.63, 3.8) is 0 Å². The molecular formula is C12H16F2N2O. The average molecular weight is 242 g/mol. The predicted octanol–water partition coefficient (Wildman–Crippen LogP) is 1.53. The van der Waals surface area contributed by atoms with Crippen LogP contribution in [0.2, 0.25) is 0 Å². The molecule has 0 fully saturated rings. The molecule has 0 heterocycles. The van der Waals surface area contributed by atoms with Crippen molar-refractivity contribution in [1.82, 2.24) is 10.2 Å². The van der Waals surface area contributed by atoms with Gasteiger partial charge in [0.15, 0.2) is 0 Å². The van der Waals surface area contributed by atoms with Gasteiger partial charge < -0.3 is 10.2 Å². The summed E-state index contributed by atoms with van der Waals surface area (Å²) in [5.74, 6) is -1.32. The Morgan fingerprint density at radius 1 is 1.29 bits per heavy atom. The Labute approximate surface area is 99.4 Å². The van der Waals surface area contributed by atoms with Gasteiger partial charge in [-0.05, 0) is 24.6 Å². The van der Waals surface area contributed by atoms with E-state index < -0.39 is 17.7 Å². The minimum absolute atomic E-state index is 0.0816. The maximum atomic E-state index is 12.9. The summed E-state index contributed by atoms with van der Waals surface area (Å²) in [5.41, 5.74) is 0.473. The second-order valence-corrected chi connectivity index (χ2v) is 4.11. The van der Waals surface area contributed by atoms with Crippen molar-refractivity contribution >= 4 is 5.91 Å². The summed E-state index contributed by atoms with van der Waals surface area (Å²) in [5, 5.41) is 2.91. The van der Waals surface area contributed by atoms with Crippen molar-refractivity contribution in [2.75, 3.05) is 14.1 Å². The molecule has 1 N–H and O–H groups in total. The fourth-order valence-electron chi connectivity index (χ4n) is 1.46. The van der Waals surface area contributed by atoms with Crippen molar-refractivity contribution < 1.29 is 13.6 Å². The van der Waals surface area contributed by atoms with E-state index in [9.17, 15) is 13.6 Å². The maximum absolute atomic E-state index is 12.9. The molecule has 0 spiro atoms. The van der Waals surface area contributed by atoms with E-state index in [2.05, 4.69) is 5.32 Å². The Bertz CT molecular complexity index is 387. The van der Waals surface area contributed by atoms with Gasteiger partial charge in [0.25, 0.3) is 0 Å². The number of hydrogen-bond acceptors (Lipinski definition) is 2. The van der Waals surface area contributed by atoms with Crippen LogP contribution in [0, 0.1) is 11.6 Å². The van der Waals surface area contributed by atoms with Crippen LogP contribution in [0.15, 0.2) is 18.2 Å². The number of nitrogens with one attached hydrogen (secondary N) is 1. The van der Waals surface area contributed by atoms with E-state index in [0.29, 0.717) is 5.56 Å². The van der Waals surface area contributed by atoms with Crippen molar-refractivity contribution in [3.05, 3.63) is 35.4 Å². The highest BCUT2D eigenvalue weighted by Crippen LogP contribution is 2.07. The summed E-state index contributed by atoms with van der Waals surface area (Å²) in [6, 6.07) is 2.90. The van der Waals surface area contributed by atoms with Gasteiger partial charge in [0.1, 0.15) is 11.6 Å². The molecule has 1 atom stereocenters. The van der Waals surface area contributed by atoms with Gasteiger partial charge in [-0.15, -0.1) is 0 Å². The third kappa shape index (κ3) is 4.11. The minimum atomic E-state index is -0.617. The van der Waals surface area contributed by atoms with Crippen LogP contribution < -0.4 is 5.32 Å². The normalized spacial score (nSPS) is 12.3. The molecule has 1 aromatic rings. The van der Waals surface area contributed by atoms with E-state index in [1.165, 1.54) is 17.0 Å². The monoisotopic (exact) mass is 242 g/mol. The minimum Gasteiger partial charge on any atom is -0.347 e. The number of halogens is 2. The summed E-state index contributed by atoms with van der Waals surface area (Å²) in [4.78, 5) is 13.0. The van der Waals surface area contributed by atoms with Crippen LogP contribution in [-0.2, 0) is 11.3 Å². The summed E-state index contributed by atoms with van der Waals surface area (Å²) in [6.45, 7) is 1.95. The molecule has 0 bridgehead atoms. The lowest BCUT2D eigenvalue weighted by atomic mass is 10.2. The number of amides is 1. The third-order valence-corrected chi connectivity index (χ3v) is 2.35. The molecule has 94 valence electrons. The zero-order valence-electron chi connectivity index (χ0n) is 10.1. The van der Waals surface area contributed by atoms with Gasteiger partial charge in [-0.3, -0.25) is 4.79 Å². The molecule has 0 aliphatic carbocycles. The summed E-state index contributed by atoms with van der Waals surface area (Å²) < 4.78 is 25.8. The number of likely N-dealkylation sites (N-methyl/N-ethyl adjacent to an activating group) is 1. The molecule has 1 amide bonds. The average Bonchev–Trinajstić information content (AvgIpc) is 2.23. The molecule has 1 aromatic carbocycles. The largest absolute Gasteiger partial charge is 0.347 e. The number of carbonyl (C=O) groups is 1. The number of carbonyl (C=O) groups excluding carboxylic acids is 1. The smallest absolute Gasteiger partial charge is 0.238 e. The number of hydrogen-bond donors (Lipinski definition) is 1. The van der Waals surface area contributed by atoms with Crippen LogP contribution in [0.5, 0.6) is 0 Å². The highest BCUT2D eigenvalue weighted by molar-refractivity contribution is 5.80. The molecule has 0 saturated carbocycles. The van der Waals surface area contributed by atoms with Crippen molar-refractivity contribution in [1.29, 1.82) is 0 Å². The molecule has 0 aliphatic rings. The quantitative estimate of drug-likeness (QED) is 0.868. The first kappa shape index (κ1) is 13.6. The van der Waals surface area contributed by atoms with Crippen LogP contribution in [0.1, 0.15) is 12.5 Å². The zero-order valence-corrected chi connectivity index (χ0v) is 10.1. The van der Waals surface area contributed by atoms with E-state index in [-0.39, 0.29) is 12.5 Å². The van der Waals surface area contributed by atoms with Crippen molar-refractivity contribution in [2.24, 2.45) is 0 Å². The maximum Gasteiger partial charge on any atom is 0.238 e. The third-order valence-electron chi connectivity index (χ3n) is 2.35. The first-order valence-corrected chi connectivity index (χ1v) is 5.29. The predicted molar refractivity (Wildman–Crippen MR) is 61.4 cm³/mol. The molecule has 3 nitrogen and oxygen atoms in total. The first-order chi connectivity index (χ1) is 7.90. The molecule has 5 heteroatoms. The Hall–Kier alpha value is -1.49.